The molecule has 2 nitrogen and oxygen atoms in total. The van der Waals surface area contributed by atoms with Crippen LogP contribution in [0.1, 0.15) is 54.7 Å². The van der Waals surface area contributed by atoms with E-state index in [4.69, 9.17) is 0 Å². The average molecular weight is 506 g/mol. The summed E-state index contributed by atoms with van der Waals surface area (Å²) in [6.45, 7) is 6.91. The number of rotatable bonds is 2. The van der Waals surface area contributed by atoms with Crippen molar-refractivity contribution in [2.75, 3.05) is 0 Å². The van der Waals surface area contributed by atoms with Gasteiger partial charge in [-0.05, 0) is 92.9 Å². The summed E-state index contributed by atoms with van der Waals surface area (Å²) in [6.07, 6.45) is 1.25. The molecular weight excluding hydrogens is 474 g/mol. The number of fused-ring (bicyclic) bond motifs is 9. The lowest BCUT2D eigenvalue weighted by Gasteiger charge is -2.27. The van der Waals surface area contributed by atoms with E-state index in [0.29, 0.717) is 6.42 Å². The molecule has 0 aliphatic heterocycles. The zero-order valence-corrected chi connectivity index (χ0v) is 22.6. The molecule has 0 amide bonds. The molecule has 2 heteroatoms. The van der Waals surface area contributed by atoms with Gasteiger partial charge in [0.15, 0.2) is 0 Å². The predicted octanol–water partition coefficient (Wildman–Crippen LogP) is 8.91. The fourth-order valence-electron chi connectivity index (χ4n) is 7.21. The van der Waals surface area contributed by atoms with Gasteiger partial charge in [-0.25, -0.2) is 0 Å². The smallest absolute Gasteiger partial charge is 0.0836 e. The number of hydrogen-bond donors (Lipinski definition) is 1. The van der Waals surface area contributed by atoms with Crippen LogP contribution >= 0.6 is 0 Å². The number of nitrogens with zero attached hydrogens (tertiary/aromatic N) is 1. The van der Waals surface area contributed by atoms with Gasteiger partial charge in [0.25, 0.3) is 0 Å². The van der Waals surface area contributed by atoms with Crippen LogP contribution < -0.4 is 0 Å². The van der Waals surface area contributed by atoms with Crippen LogP contribution in [0.4, 0.5) is 0 Å². The third kappa shape index (κ3) is 3.07. The number of aryl methyl sites for hydroxylation is 1. The first kappa shape index (κ1) is 22.8. The van der Waals surface area contributed by atoms with Gasteiger partial charge in [-0.2, -0.15) is 0 Å². The van der Waals surface area contributed by atoms with Gasteiger partial charge in [-0.15, -0.1) is 0 Å². The summed E-state index contributed by atoms with van der Waals surface area (Å²) < 4.78 is 2.43. The van der Waals surface area contributed by atoms with E-state index in [9.17, 15) is 5.11 Å². The summed E-state index contributed by atoms with van der Waals surface area (Å²) >= 11 is 0. The van der Waals surface area contributed by atoms with Crippen molar-refractivity contribution < 1.29 is 5.11 Å². The second-order valence-corrected chi connectivity index (χ2v) is 11.8. The highest BCUT2D eigenvalue weighted by Gasteiger charge is 2.38. The van der Waals surface area contributed by atoms with Gasteiger partial charge in [-0.3, -0.25) is 0 Å². The number of aromatic nitrogens is 1. The highest BCUT2D eigenvalue weighted by atomic mass is 16.3. The number of aliphatic hydroxyl groups excluding tert-OH is 1. The Hall–Kier alpha value is -4.14. The molecule has 1 aromatic heterocycles. The van der Waals surface area contributed by atoms with Crippen LogP contribution in [0.15, 0.2) is 97.1 Å². The molecule has 8 rings (SSSR count). The Balaban J connectivity index is 1.41. The van der Waals surface area contributed by atoms with Crippen LogP contribution in [-0.2, 0) is 18.3 Å². The Kier molecular flexibility index (Phi) is 4.64. The molecule has 1 atom stereocenters. The van der Waals surface area contributed by atoms with E-state index in [2.05, 4.69) is 116 Å². The van der Waals surface area contributed by atoms with E-state index in [1.165, 1.54) is 66.4 Å². The number of aliphatic hydroxyl groups is 1. The first-order chi connectivity index (χ1) is 19.0. The van der Waals surface area contributed by atoms with Gasteiger partial charge in [0.2, 0.25) is 0 Å². The molecule has 190 valence electrons. The normalized spacial score (nSPS) is 16.7. The van der Waals surface area contributed by atoms with Gasteiger partial charge in [0, 0.05) is 28.3 Å². The monoisotopic (exact) mass is 505 g/mol. The zero-order valence-electron chi connectivity index (χ0n) is 22.6. The Morgan fingerprint density at radius 1 is 0.718 bits per heavy atom. The molecule has 0 fully saturated rings. The molecule has 39 heavy (non-hydrogen) atoms. The predicted molar refractivity (Wildman–Crippen MR) is 162 cm³/mol. The number of hydrogen-bond acceptors (Lipinski definition) is 1. The fourth-order valence-corrected chi connectivity index (χ4v) is 7.21. The number of benzene rings is 5. The van der Waals surface area contributed by atoms with E-state index in [0.717, 1.165) is 17.5 Å². The Labute approximate surface area is 229 Å². The van der Waals surface area contributed by atoms with Crippen LogP contribution in [0.3, 0.4) is 0 Å². The molecule has 0 bridgehead atoms. The number of para-hydroxylation sites is 1. The Morgan fingerprint density at radius 2 is 1.44 bits per heavy atom. The second kappa shape index (κ2) is 7.94. The molecule has 5 aromatic carbocycles. The molecular formula is C37H31NO. The maximum absolute atomic E-state index is 10.9. The maximum Gasteiger partial charge on any atom is 0.0836 e. The van der Waals surface area contributed by atoms with Crippen molar-refractivity contribution in [2.45, 2.75) is 45.1 Å². The van der Waals surface area contributed by atoms with Gasteiger partial charge >= 0.3 is 0 Å². The molecule has 6 aromatic rings. The van der Waals surface area contributed by atoms with Crippen LogP contribution in [0.25, 0.3) is 49.7 Å². The summed E-state index contributed by atoms with van der Waals surface area (Å²) in [5.41, 5.74) is 15.0. The molecule has 0 spiro atoms. The molecule has 0 saturated heterocycles. The zero-order chi connectivity index (χ0) is 26.5. The molecule has 1 N–H and O–H groups in total. The topological polar surface area (TPSA) is 25.2 Å². The average Bonchev–Trinajstić information content (AvgIpc) is 3.40. The molecule has 1 unspecified atom stereocenters. The minimum Gasteiger partial charge on any atom is -0.388 e. The molecule has 2 aliphatic rings. The van der Waals surface area contributed by atoms with E-state index in [1.54, 1.807) is 0 Å². The standard InChI is InChI=1S/C37H31NO/c1-4-22-13-15-24(16-14-22)38-34-12-8-7-10-26(34)31-20-30-29-19-28-23(18-36(39)27-11-6-5-9-25(27)28)17-32(29)37(2,3)33(30)21-35(31)38/h5-17,19-21,36,39H,4,18H2,1-3H3. The Bertz CT molecular complexity index is 1950. The van der Waals surface area contributed by atoms with Crippen molar-refractivity contribution in [1.29, 1.82) is 0 Å². The summed E-state index contributed by atoms with van der Waals surface area (Å²) in [5, 5.41) is 13.5. The van der Waals surface area contributed by atoms with Gasteiger partial charge < -0.3 is 9.67 Å². The van der Waals surface area contributed by atoms with E-state index in [1.807, 2.05) is 6.07 Å². The molecule has 2 aliphatic carbocycles. The van der Waals surface area contributed by atoms with Crippen molar-refractivity contribution in [3.63, 3.8) is 0 Å². The summed E-state index contributed by atoms with van der Waals surface area (Å²) in [4.78, 5) is 0. The van der Waals surface area contributed by atoms with E-state index >= 15 is 0 Å². The highest BCUT2D eigenvalue weighted by Crippen LogP contribution is 2.53. The van der Waals surface area contributed by atoms with Crippen LogP contribution in [-0.4, -0.2) is 9.67 Å². The summed E-state index contributed by atoms with van der Waals surface area (Å²) in [6, 6.07) is 35.8. The first-order valence-electron chi connectivity index (χ1n) is 14.1. The van der Waals surface area contributed by atoms with Crippen molar-refractivity contribution in [3.8, 4) is 27.9 Å². The van der Waals surface area contributed by atoms with Crippen molar-refractivity contribution in [2.24, 2.45) is 0 Å². The summed E-state index contributed by atoms with van der Waals surface area (Å²) in [5.74, 6) is 0. The lowest BCUT2D eigenvalue weighted by molar-refractivity contribution is 0.177. The minimum atomic E-state index is -0.452. The second-order valence-electron chi connectivity index (χ2n) is 11.8. The molecule has 0 saturated carbocycles. The van der Waals surface area contributed by atoms with E-state index < -0.39 is 6.10 Å². The van der Waals surface area contributed by atoms with Crippen LogP contribution in [0.5, 0.6) is 0 Å². The SMILES string of the molecule is CCc1ccc(-n2c3ccccc3c3cc4c(cc32)C(C)(C)c2cc3c(cc2-4)-c2ccccc2C(O)C3)cc1. The third-order valence-corrected chi connectivity index (χ3v) is 9.32. The summed E-state index contributed by atoms with van der Waals surface area (Å²) in [7, 11) is 0. The van der Waals surface area contributed by atoms with Gasteiger partial charge in [0.1, 0.15) is 0 Å². The fraction of sp³-hybridized carbons (Fsp3) is 0.189. The van der Waals surface area contributed by atoms with Gasteiger partial charge in [-0.1, -0.05) is 81.4 Å². The first-order valence-corrected chi connectivity index (χ1v) is 14.1. The lowest BCUT2D eigenvalue weighted by atomic mass is 9.78. The largest absolute Gasteiger partial charge is 0.388 e. The molecule has 0 radical (unpaired) electrons. The van der Waals surface area contributed by atoms with Gasteiger partial charge in [0.05, 0.1) is 17.1 Å². The van der Waals surface area contributed by atoms with Crippen molar-refractivity contribution in [1.82, 2.24) is 4.57 Å². The maximum atomic E-state index is 10.9. The minimum absolute atomic E-state index is 0.136. The van der Waals surface area contributed by atoms with E-state index in [-0.39, 0.29) is 5.41 Å². The van der Waals surface area contributed by atoms with Crippen LogP contribution in [0.2, 0.25) is 0 Å². The molecule has 1 heterocycles. The third-order valence-electron chi connectivity index (χ3n) is 9.32. The van der Waals surface area contributed by atoms with Crippen LogP contribution in [0, 0.1) is 0 Å². The Morgan fingerprint density at radius 3 is 2.26 bits per heavy atom. The highest BCUT2D eigenvalue weighted by molar-refractivity contribution is 6.11. The van der Waals surface area contributed by atoms with Crippen molar-refractivity contribution in [3.05, 3.63) is 125 Å². The quantitative estimate of drug-likeness (QED) is 0.250. The lowest BCUT2D eigenvalue weighted by Crippen LogP contribution is -2.17. The van der Waals surface area contributed by atoms with Crippen molar-refractivity contribution >= 4 is 21.8 Å².